The zero-order valence-electron chi connectivity index (χ0n) is 11.0. The van der Waals surface area contributed by atoms with E-state index in [4.69, 9.17) is 4.98 Å². The van der Waals surface area contributed by atoms with Gasteiger partial charge in [0, 0.05) is 12.2 Å². The topological polar surface area (TPSA) is 50.9 Å². The van der Waals surface area contributed by atoms with Crippen LogP contribution in [-0.4, -0.2) is 26.2 Å². The Hall–Kier alpha value is -1.42. The largest absolute Gasteiger partial charge is 0.395 e. The molecule has 0 fully saturated rings. The molecule has 4 nitrogen and oxygen atoms in total. The number of hydrogen-bond donors (Lipinski definition) is 1. The summed E-state index contributed by atoms with van der Waals surface area (Å²) < 4.78 is 2.15. The van der Waals surface area contributed by atoms with Crippen LogP contribution in [0.2, 0.25) is 0 Å². The second-order valence-corrected chi connectivity index (χ2v) is 5.06. The Bertz CT molecular complexity index is 601. The number of rotatable bonds is 2. The molecule has 2 aromatic heterocycles. The predicted octanol–water partition coefficient (Wildman–Crippen LogP) is 1.92. The normalized spacial score (nSPS) is 15.1. The van der Waals surface area contributed by atoms with Crippen LogP contribution in [0.3, 0.4) is 0 Å². The number of pyridine rings is 1. The van der Waals surface area contributed by atoms with E-state index in [1.165, 1.54) is 29.6 Å². The van der Waals surface area contributed by atoms with E-state index in [2.05, 4.69) is 9.55 Å². The van der Waals surface area contributed by atoms with Crippen LogP contribution >= 0.6 is 0 Å². The van der Waals surface area contributed by atoms with E-state index >= 15 is 0 Å². The molecule has 0 aliphatic heterocycles. The maximum atomic E-state index is 9.23. The molecule has 4 heteroatoms. The van der Waals surface area contributed by atoms with Crippen molar-refractivity contribution in [2.24, 2.45) is 0 Å². The van der Waals surface area contributed by atoms with E-state index in [0.717, 1.165) is 29.9 Å². The number of imidazole rings is 1. The second kappa shape index (κ2) is 4.35. The summed E-state index contributed by atoms with van der Waals surface area (Å²) in [7, 11) is 0. The Morgan fingerprint density at radius 2 is 1.94 bits per heavy atom. The molecule has 1 aliphatic carbocycles. The van der Waals surface area contributed by atoms with Gasteiger partial charge in [-0.2, -0.15) is 0 Å². The molecule has 2 heterocycles. The van der Waals surface area contributed by atoms with Crippen molar-refractivity contribution in [1.82, 2.24) is 14.5 Å². The van der Waals surface area contributed by atoms with Gasteiger partial charge in [0.15, 0.2) is 0 Å². The molecule has 0 radical (unpaired) electrons. The first kappa shape index (κ1) is 11.7. The molecule has 1 aliphatic rings. The van der Waals surface area contributed by atoms with E-state index in [9.17, 15) is 5.11 Å². The molecule has 2 aromatic rings. The minimum absolute atomic E-state index is 0.155. The molecule has 0 saturated heterocycles. The average Bonchev–Trinajstić information content (AvgIpc) is 2.69. The summed E-state index contributed by atoms with van der Waals surface area (Å²) in [5, 5.41) is 9.23. The molecule has 0 atom stereocenters. The standard InChI is InChI=1S/C14H19N3O/c1-9-13-14(17(7-8-18)10(2)16-13)11-5-3-4-6-12(11)15-9/h18H,3-8H2,1-2H3. The van der Waals surface area contributed by atoms with Crippen LogP contribution in [0.25, 0.3) is 11.0 Å². The quantitative estimate of drug-likeness (QED) is 0.879. The Morgan fingerprint density at radius 3 is 2.72 bits per heavy atom. The van der Waals surface area contributed by atoms with Gasteiger partial charge in [0.2, 0.25) is 0 Å². The van der Waals surface area contributed by atoms with Gasteiger partial charge in [-0.3, -0.25) is 4.98 Å². The molecule has 0 saturated carbocycles. The fraction of sp³-hybridized carbons (Fsp3) is 0.571. The van der Waals surface area contributed by atoms with Gasteiger partial charge in [0.05, 0.1) is 17.8 Å². The van der Waals surface area contributed by atoms with E-state index in [0.29, 0.717) is 6.54 Å². The number of aliphatic hydroxyl groups excluding tert-OH is 1. The van der Waals surface area contributed by atoms with Gasteiger partial charge >= 0.3 is 0 Å². The zero-order valence-corrected chi connectivity index (χ0v) is 11.0. The highest BCUT2D eigenvalue weighted by molar-refractivity contribution is 5.82. The third kappa shape index (κ3) is 1.63. The first-order valence-corrected chi connectivity index (χ1v) is 6.68. The summed E-state index contributed by atoms with van der Waals surface area (Å²) in [5.41, 5.74) is 5.84. The van der Waals surface area contributed by atoms with Gasteiger partial charge in [-0.05, 0) is 45.1 Å². The van der Waals surface area contributed by atoms with Crippen LogP contribution in [0.4, 0.5) is 0 Å². The SMILES string of the molecule is Cc1nc2c(c3c1nc(C)n3CCO)CCCC2. The van der Waals surface area contributed by atoms with Crippen LogP contribution in [-0.2, 0) is 19.4 Å². The fourth-order valence-electron chi connectivity index (χ4n) is 3.02. The van der Waals surface area contributed by atoms with Crippen LogP contribution in [0, 0.1) is 13.8 Å². The van der Waals surface area contributed by atoms with Crippen molar-refractivity contribution >= 4 is 11.0 Å². The highest BCUT2D eigenvalue weighted by Gasteiger charge is 2.20. The summed E-state index contributed by atoms with van der Waals surface area (Å²) in [6.45, 7) is 4.82. The number of aryl methyl sites for hydroxylation is 4. The van der Waals surface area contributed by atoms with Gasteiger partial charge in [-0.1, -0.05) is 0 Å². The summed E-state index contributed by atoms with van der Waals surface area (Å²) in [6.07, 6.45) is 4.64. The second-order valence-electron chi connectivity index (χ2n) is 5.06. The molecule has 3 rings (SSSR count). The Balaban J connectivity index is 2.34. The molecular weight excluding hydrogens is 226 g/mol. The highest BCUT2D eigenvalue weighted by atomic mass is 16.3. The summed E-state index contributed by atoms with van der Waals surface area (Å²) in [5.74, 6) is 0.975. The Kier molecular flexibility index (Phi) is 2.82. The summed E-state index contributed by atoms with van der Waals surface area (Å²) >= 11 is 0. The van der Waals surface area contributed by atoms with Gasteiger partial charge in [-0.15, -0.1) is 0 Å². The third-order valence-electron chi connectivity index (χ3n) is 3.85. The summed E-state index contributed by atoms with van der Waals surface area (Å²) in [4.78, 5) is 9.35. The van der Waals surface area contributed by atoms with Crippen LogP contribution in [0.15, 0.2) is 0 Å². The molecule has 0 aromatic carbocycles. The number of aromatic nitrogens is 3. The van der Waals surface area contributed by atoms with E-state index in [1.54, 1.807) is 0 Å². The molecule has 96 valence electrons. The molecule has 0 spiro atoms. The molecule has 18 heavy (non-hydrogen) atoms. The van der Waals surface area contributed by atoms with Crippen molar-refractivity contribution in [3.63, 3.8) is 0 Å². The number of aliphatic hydroxyl groups is 1. The predicted molar refractivity (Wildman–Crippen MR) is 70.7 cm³/mol. The van der Waals surface area contributed by atoms with Crippen LogP contribution < -0.4 is 0 Å². The minimum atomic E-state index is 0.155. The lowest BCUT2D eigenvalue weighted by Crippen LogP contribution is -2.11. The first-order chi connectivity index (χ1) is 8.72. The maximum absolute atomic E-state index is 9.23. The maximum Gasteiger partial charge on any atom is 0.110 e. The first-order valence-electron chi connectivity index (χ1n) is 6.68. The van der Waals surface area contributed by atoms with Crippen molar-refractivity contribution in [3.05, 3.63) is 22.8 Å². The molecule has 0 bridgehead atoms. The lowest BCUT2D eigenvalue weighted by Gasteiger charge is -2.18. The minimum Gasteiger partial charge on any atom is -0.395 e. The number of fused-ring (bicyclic) bond motifs is 3. The molecule has 0 amide bonds. The number of nitrogens with zero attached hydrogens (tertiary/aromatic N) is 3. The van der Waals surface area contributed by atoms with Crippen LogP contribution in [0.5, 0.6) is 0 Å². The average molecular weight is 245 g/mol. The van der Waals surface area contributed by atoms with E-state index in [1.807, 2.05) is 13.8 Å². The van der Waals surface area contributed by atoms with Gasteiger partial charge in [0.25, 0.3) is 0 Å². The highest BCUT2D eigenvalue weighted by Crippen LogP contribution is 2.29. The summed E-state index contributed by atoms with van der Waals surface area (Å²) in [6, 6.07) is 0. The van der Waals surface area contributed by atoms with E-state index < -0.39 is 0 Å². The lowest BCUT2D eigenvalue weighted by atomic mass is 9.94. The van der Waals surface area contributed by atoms with E-state index in [-0.39, 0.29) is 6.61 Å². The smallest absolute Gasteiger partial charge is 0.110 e. The van der Waals surface area contributed by atoms with Crippen molar-refractivity contribution < 1.29 is 5.11 Å². The van der Waals surface area contributed by atoms with Gasteiger partial charge in [0.1, 0.15) is 11.3 Å². The monoisotopic (exact) mass is 245 g/mol. The Labute approximate surface area is 107 Å². The Morgan fingerprint density at radius 1 is 1.17 bits per heavy atom. The van der Waals surface area contributed by atoms with Crippen LogP contribution in [0.1, 0.15) is 35.6 Å². The third-order valence-corrected chi connectivity index (χ3v) is 3.85. The zero-order chi connectivity index (χ0) is 12.7. The molecule has 0 unspecified atom stereocenters. The fourth-order valence-corrected chi connectivity index (χ4v) is 3.02. The van der Waals surface area contributed by atoms with Crippen molar-refractivity contribution in [2.75, 3.05) is 6.61 Å². The van der Waals surface area contributed by atoms with Gasteiger partial charge < -0.3 is 9.67 Å². The van der Waals surface area contributed by atoms with Crippen molar-refractivity contribution in [1.29, 1.82) is 0 Å². The van der Waals surface area contributed by atoms with Gasteiger partial charge in [-0.25, -0.2) is 4.98 Å². The molecule has 1 N–H and O–H groups in total. The lowest BCUT2D eigenvalue weighted by molar-refractivity contribution is 0.276. The number of hydrogen-bond acceptors (Lipinski definition) is 3. The van der Waals surface area contributed by atoms with Crippen molar-refractivity contribution in [3.8, 4) is 0 Å². The van der Waals surface area contributed by atoms with Crippen molar-refractivity contribution in [2.45, 2.75) is 46.1 Å². The molecular formula is C14H19N3O.